The zero-order chi connectivity index (χ0) is 21.3. The van der Waals surface area contributed by atoms with E-state index < -0.39 is 0 Å². The first-order chi connectivity index (χ1) is 14.3. The van der Waals surface area contributed by atoms with Gasteiger partial charge in [0.1, 0.15) is 11.5 Å². The lowest BCUT2D eigenvalue weighted by Crippen LogP contribution is -2.20. The molecule has 30 heavy (non-hydrogen) atoms. The monoisotopic (exact) mass is 419 g/mol. The van der Waals surface area contributed by atoms with Gasteiger partial charge in [-0.2, -0.15) is 5.10 Å². The Labute approximate surface area is 179 Å². The minimum atomic E-state index is -0.104. The van der Waals surface area contributed by atoms with Gasteiger partial charge in [0.2, 0.25) is 5.91 Å². The Kier molecular flexibility index (Phi) is 5.26. The van der Waals surface area contributed by atoms with Crippen molar-refractivity contribution in [3.63, 3.8) is 0 Å². The molecule has 1 N–H and O–H groups in total. The summed E-state index contributed by atoms with van der Waals surface area (Å²) >= 11 is 6.22. The number of nitrogens with one attached hydrogen (secondary N) is 1. The zero-order valence-electron chi connectivity index (χ0n) is 17.1. The van der Waals surface area contributed by atoms with Gasteiger partial charge in [0.25, 0.3) is 0 Å². The molecular formula is C23H22ClN5O. The molecule has 0 radical (unpaired) electrons. The van der Waals surface area contributed by atoms with E-state index in [0.717, 1.165) is 28.2 Å². The highest BCUT2D eigenvalue weighted by atomic mass is 35.5. The number of fused-ring (bicyclic) bond motifs is 1. The topological polar surface area (TPSA) is 72.2 Å². The molecule has 0 fully saturated rings. The van der Waals surface area contributed by atoms with E-state index in [9.17, 15) is 4.79 Å². The van der Waals surface area contributed by atoms with E-state index in [0.29, 0.717) is 17.3 Å². The normalized spacial score (nSPS) is 11.6. The Hall–Kier alpha value is -3.25. The number of carbonyl (C=O) groups excluding carboxylic acids is 1. The third kappa shape index (κ3) is 4.33. The van der Waals surface area contributed by atoms with Crippen molar-refractivity contribution in [1.29, 1.82) is 0 Å². The number of nitrogens with zero attached hydrogens (tertiary/aromatic N) is 4. The van der Waals surface area contributed by atoms with Gasteiger partial charge in [-0.1, -0.05) is 44.5 Å². The molecule has 152 valence electrons. The molecule has 0 saturated carbocycles. The summed E-state index contributed by atoms with van der Waals surface area (Å²) in [5.74, 6) is 0.420. The number of imidazole rings is 1. The second-order valence-electron chi connectivity index (χ2n) is 8.33. The van der Waals surface area contributed by atoms with Gasteiger partial charge in [-0.05, 0) is 41.8 Å². The van der Waals surface area contributed by atoms with E-state index >= 15 is 0 Å². The number of anilines is 1. The smallest absolute Gasteiger partial charge is 0.226 e. The molecule has 1 aromatic carbocycles. The van der Waals surface area contributed by atoms with Crippen LogP contribution >= 0.6 is 11.6 Å². The molecule has 0 aliphatic carbocycles. The summed E-state index contributed by atoms with van der Waals surface area (Å²) in [6, 6.07) is 15.0. The first-order valence-corrected chi connectivity index (χ1v) is 10.0. The van der Waals surface area contributed by atoms with Crippen LogP contribution in [0, 0.1) is 5.41 Å². The number of carbonyl (C=O) groups is 1. The highest BCUT2D eigenvalue weighted by molar-refractivity contribution is 6.30. The van der Waals surface area contributed by atoms with Gasteiger partial charge >= 0.3 is 0 Å². The van der Waals surface area contributed by atoms with Crippen LogP contribution in [0.2, 0.25) is 5.02 Å². The first-order valence-electron chi connectivity index (χ1n) is 9.66. The fourth-order valence-corrected chi connectivity index (χ4v) is 3.49. The van der Waals surface area contributed by atoms with Crippen LogP contribution in [0.25, 0.3) is 28.2 Å². The summed E-state index contributed by atoms with van der Waals surface area (Å²) in [5, 5.41) is 8.01. The number of hydrogen-bond acceptors (Lipinski definition) is 4. The van der Waals surface area contributed by atoms with Gasteiger partial charge in [-0.25, -0.2) is 14.5 Å². The number of rotatable bonds is 4. The standard InChI is InChI=1S/C23H22ClN5O/c1-23(2,3)14-20(30)27-18-13-16(9-11-25-18)22-21(15-6-4-7-17(24)12-15)28-19-8-5-10-26-29(19)22/h4-13H,14H2,1-3H3,(H,25,27,30). The zero-order valence-corrected chi connectivity index (χ0v) is 17.8. The summed E-state index contributed by atoms with van der Waals surface area (Å²) in [6.07, 6.45) is 3.79. The minimum Gasteiger partial charge on any atom is -0.311 e. The van der Waals surface area contributed by atoms with Gasteiger partial charge in [0, 0.05) is 35.0 Å². The van der Waals surface area contributed by atoms with Crippen LogP contribution < -0.4 is 5.32 Å². The van der Waals surface area contributed by atoms with Crippen molar-refractivity contribution in [1.82, 2.24) is 19.6 Å². The van der Waals surface area contributed by atoms with Crippen molar-refractivity contribution < 1.29 is 4.79 Å². The van der Waals surface area contributed by atoms with Crippen LogP contribution in [0.5, 0.6) is 0 Å². The molecule has 4 aromatic rings. The van der Waals surface area contributed by atoms with Crippen LogP contribution in [0.15, 0.2) is 60.9 Å². The number of benzene rings is 1. The Morgan fingerprint density at radius 2 is 1.90 bits per heavy atom. The lowest BCUT2D eigenvalue weighted by molar-refractivity contribution is -0.117. The highest BCUT2D eigenvalue weighted by Crippen LogP contribution is 2.34. The van der Waals surface area contributed by atoms with Crippen molar-refractivity contribution in [3.05, 3.63) is 65.9 Å². The molecule has 7 heteroatoms. The molecule has 0 aliphatic rings. The molecule has 0 atom stereocenters. The molecule has 1 amide bonds. The molecular weight excluding hydrogens is 398 g/mol. The SMILES string of the molecule is CC(C)(C)CC(=O)Nc1cc(-c2c(-c3cccc(Cl)c3)nc3cccnn23)ccn1. The Morgan fingerprint density at radius 1 is 1.07 bits per heavy atom. The molecule has 0 saturated heterocycles. The molecule has 6 nitrogen and oxygen atoms in total. The van der Waals surface area contributed by atoms with Crippen LogP contribution in [-0.2, 0) is 4.79 Å². The number of halogens is 1. The van der Waals surface area contributed by atoms with E-state index in [-0.39, 0.29) is 11.3 Å². The Balaban J connectivity index is 1.80. The maximum atomic E-state index is 12.4. The highest BCUT2D eigenvalue weighted by Gasteiger charge is 2.19. The lowest BCUT2D eigenvalue weighted by atomic mass is 9.92. The third-order valence-corrected chi connectivity index (χ3v) is 4.72. The van der Waals surface area contributed by atoms with E-state index in [1.54, 1.807) is 16.9 Å². The summed E-state index contributed by atoms with van der Waals surface area (Å²) < 4.78 is 1.78. The summed E-state index contributed by atoms with van der Waals surface area (Å²) in [7, 11) is 0. The summed E-state index contributed by atoms with van der Waals surface area (Å²) in [6.45, 7) is 6.08. The second kappa shape index (κ2) is 7.88. The summed E-state index contributed by atoms with van der Waals surface area (Å²) in [4.78, 5) is 21.5. The van der Waals surface area contributed by atoms with Crippen LogP contribution in [0.4, 0.5) is 5.82 Å². The average molecular weight is 420 g/mol. The van der Waals surface area contributed by atoms with Crippen molar-refractivity contribution in [2.24, 2.45) is 5.41 Å². The molecule has 3 heterocycles. The predicted molar refractivity (Wildman–Crippen MR) is 119 cm³/mol. The largest absolute Gasteiger partial charge is 0.311 e. The average Bonchev–Trinajstić information content (AvgIpc) is 3.06. The third-order valence-electron chi connectivity index (χ3n) is 4.48. The molecule has 0 unspecified atom stereocenters. The van der Waals surface area contributed by atoms with Crippen molar-refractivity contribution in [2.75, 3.05) is 5.32 Å². The van der Waals surface area contributed by atoms with Crippen LogP contribution in [0.1, 0.15) is 27.2 Å². The Morgan fingerprint density at radius 3 is 2.67 bits per heavy atom. The van der Waals surface area contributed by atoms with Gasteiger partial charge in [0.15, 0.2) is 5.65 Å². The number of pyridine rings is 1. The van der Waals surface area contributed by atoms with E-state index in [1.165, 1.54) is 0 Å². The van der Waals surface area contributed by atoms with Crippen LogP contribution in [-0.4, -0.2) is 25.5 Å². The van der Waals surface area contributed by atoms with E-state index in [1.807, 2.05) is 69.3 Å². The molecule has 0 bridgehead atoms. The van der Waals surface area contributed by atoms with Gasteiger partial charge in [-0.3, -0.25) is 4.79 Å². The minimum absolute atomic E-state index is 0.0709. The van der Waals surface area contributed by atoms with E-state index in [4.69, 9.17) is 16.6 Å². The number of aromatic nitrogens is 4. The quantitative estimate of drug-likeness (QED) is 0.475. The molecule has 0 aliphatic heterocycles. The van der Waals surface area contributed by atoms with Gasteiger partial charge < -0.3 is 5.32 Å². The van der Waals surface area contributed by atoms with Crippen molar-refractivity contribution in [3.8, 4) is 22.5 Å². The predicted octanol–water partition coefficient (Wildman–Crippen LogP) is 5.49. The fourth-order valence-electron chi connectivity index (χ4n) is 3.30. The van der Waals surface area contributed by atoms with Crippen molar-refractivity contribution >= 4 is 29.0 Å². The molecule has 4 rings (SSSR count). The first kappa shape index (κ1) is 20.0. The number of hydrogen-bond donors (Lipinski definition) is 1. The summed E-state index contributed by atoms with van der Waals surface area (Å²) in [5.41, 5.74) is 3.91. The molecule has 3 aromatic heterocycles. The van der Waals surface area contributed by atoms with Gasteiger partial charge in [0.05, 0.1) is 5.69 Å². The van der Waals surface area contributed by atoms with Crippen molar-refractivity contribution in [2.45, 2.75) is 27.2 Å². The maximum Gasteiger partial charge on any atom is 0.226 e. The van der Waals surface area contributed by atoms with Gasteiger partial charge in [-0.15, -0.1) is 0 Å². The fraction of sp³-hybridized carbons (Fsp3) is 0.217. The second-order valence-corrected chi connectivity index (χ2v) is 8.76. The van der Waals surface area contributed by atoms with E-state index in [2.05, 4.69) is 15.4 Å². The maximum absolute atomic E-state index is 12.4. The van der Waals surface area contributed by atoms with Crippen LogP contribution in [0.3, 0.4) is 0 Å². The lowest BCUT2D eigenvalue weighted by Gasteiger charge is -2.17. The Bertz CT molecular complexity index is 1230. The molecule has 0 spiro atoms. The number of amides is 1.